The molecule has 0 bridgehead atoms. The lowest BCUT2D eigenvalue weighted by Gasteiger charge is -2.36. The fraction of sp³-hybridized carbons (Fsp3) is 0.538. The lowest BCUT2D eigenvalue weighted by atomic mass is 10.0. The van der Waals surface area contributed by atoms with Gasteiger partial charge >= 0.3 is 0 Å². The molecule has 22 heavy (non-hydrogen) atoms. The zero-order valence-corrected chi connectivity index (χ0v) is 12.0. The smallest absolute Gasteiger partial charge is 0.190 e. The minimum absolute atomic E-state index is 0.0534. The molecule has 0 aromatic heterocycles. The van der Waals surface area contributed by atoms with Crippen molar-refractivity contribution < 1.29 is 35.2 Å². The van der Waals surface area contributed by atoms with Crippen molar-refractivity contribution in [2.45, 2.75) is 31.5 Å². The highest BCUT2D eigenvalue weighted by molar-refractivity contribution is 5.64. The molecule has 0 radical (unpaired) electrons. The number of ether oxygens (including phenoxy) is 2. The van der Waals surface area contributed by atoms with Crippen molar-refractivity contribution >= 4 is 11.4 Å². The first-order valence-electron chi connectivity index (χ1n) is 6.86. The Hall–Kier alpha value is -1.46. The molecule has 1 aliphatic heterocycles. The van der Waals surface area contributed by atoms with Gasteiger partial charge in [0.1, 0.15) is 29.7 Å². The third-order valence-electron chi connectivity index (χ3n) is 3.33. The molecular weight excluding hydrogens is 296 g/mol. The van der Waals surface area contributed by atoms with Gasteiger partial charge in [-0.05, 0) is 19.1 Å². The van der Waals surface area contributed by atoms with Gasteiger partial charge in [-0.2, -0.15) is 5.23 Å². The number of hydrogen-bond donors (Lipinski definition) is 6. The van der Waals surface area contributed by atoms with Crippen LogP contribution in [0, 0.1) is 5.21 Å². The summed E-state index contributed by atoms with van der Waals surface area (Å²) in [6, 6.07) is 4.43. The van der Waals surface area contributed by atoms with E-state index >= 15 is 0 Å². The molecule has 5 unspecified atom stereocenters. The van der Waals surface area contributed by atoms with Crippen LogP contribution in [0.25, 0.3) is 0 Å². The summed E-state index contributed by atoms with van der Waals surface area (Å²) in [5, 5.41) is 51.0. The monoisotopic (exact) mass is 316 g/mol. The number of rotatable bonds is 5. The minimum Gasteiger partial charge on any atom is -0.595 e. The number of hydrogen-bond acceptors (Lipinski definition) is 8. The molecule has 0 aliphatic carbocycles. The Bertz CT molecular complexity index is 499. The molecule has 1 aromatic rings. The van der Waals surface area contributed by atoms with Crippen LogP contribution < -0.4 is 15.3 Å². The van der Waals surface area contributed by atoms with E-state index in [9.17, 15) is 25.7 Å². The van der Waals surface area contributed by atoms with Gasteiger partial charge in [-0.1, -0.05) is 0 Å². The summed E-state index contributed by atoms with van der Waals surface area (Å²) < 4.78 is 10.4. The molecule has 5 atom stereocenters. The molecule has 1 aliphatic rings. The average Bonchev–Trinajstić information content (AvgIpc) is 2.49. The largest absolute Gasteiger partial charge is 0.595 e. The minimum atomic E-state index is -1.39. The maximum Gasteiger partial charge on any atom is 0.190 e. The van der Waals surface area contributed by atoms with Crippen molar-refractivity contribution in [3.63, 3.8) is 0 Å². The van der Waals surface area contributed by atoms with Crippen molar-refractivity contribution in [1.82, 2.24) is 0 Å². The predicted molar refractivity (Wildman–Crippen MR) is 74.8 cm³/mol. The third-order valence-corrected chi connectivity index (χ3v) is 3.33. The van der Waals surface area contributed by atoms with E-state index in [4.69, 9.17) is 9.47 Å². The van der Waals surface area contributed by atoms with Gasteiger partial charge in [-0.25, -0.2) is 5.21 Å². The lowest BCUT2D eigenvalue weighted by Crippen LogP contribution is -2.99. The SMILES string of the molecule is CCOc1ccc(NC2OCC(O)C(O)C2O)c([NH+]([O-])O)c1. The third kappa shape index (κ3) is 3.65. The van der Waals surface area contributed by atoms with Crippen LogP contribution in [-0.4, -0.2) is 58.3 Å². The fourth-order valence-corrected chi connectivity index (χ4v) is 2.17. The van der Waals surface area contributed by atoms with E-state index in [0.29, 0.717) is 12.4 Å². The molecule has 6 N–H and O–H groups in total. The van der Waals surface area contributed by atoms with Gasteiger partial charge in [-0.15, -0.1) is 0 Å². The van der Waals surface area contributed by atoms with Crippen LogP contribution in [0.2, 0.25) is 0 Å². The first-order valence-corrected chi connectivity index (χ1v) is 6.86. The van der Waals surface area contributed by atoms with Gasteiger partial charge < -0.3 is 35.3 Å². The topological polar surface area (TPSA) is 139 Å². The molecular formula is C13H20N2O7. The molecule has 1 aromatic carbocycles. The highest BCUT2D eigenvalue weighted by Crippen LogP contribution is 2.27. The zero-order chi connectivity index (χ0) is 16.3. The van der Waals surface area contributed by atoms with Crippen LogP contribution in [0.1, 0.15) is 6.92 Å². The molecule has 0 amide bonds. The van der Waals surface area contributed by atoms with E-state index in [2.05, 4.69) is 5.32 Å². The molecule has 0 spiro atoms. The Balaban J connectivity index is 2.18. The van der Waals surface area contributed by atoms with Gasteiger partial charge in [0.05, 0.1) is 13.2 Å². The second kappa shape index (κ2) is 7.20. The number of aliphatic hydroxyl groups excluding tert-OH is 3. The second-order valence-electron chi connectivity index (χ2n) is 4.89. The van der Waals surface area contributed by atoms with Crippen LogP contribution in [0.4, 0.5) is 11.4 Å². The first kappa shape index (κ1) is 16.9. The van der Waals surface area contributed by atoms with Crippen LogP contribution in [0.5, 0.6) is 5.75 Å². The van der Waals surface area contributed by atoms with Crippen molar-refractivity contribution in [3.8, 4) is 5.75 Å². The van der Waals surface area contributed by atoms with Gasteiger partial charge in [0.2, 0.25) is 0 Å². The number of nitrogens with one attached hydrogen (secondary N) is 2. The quantitative estimate of drug-likeness (QED) is 0.355. The average molecular weight is 316 g/mol. The number of aliphatic hydroxyl groups is 3. The summed E-state index contributed by atoms with van der Waals surface area (Å²) in [5.74, 6) is 0.408. The van der Waals surface area contributed by atoms with Gasteiger partial charge in [0, 0.05) is 6.07 Å². The Morgan fingerprint density at radius 2 is 2.09 bits per heavy atom. The Morgan fingerprint density at radius 3 is 2.73 bits per heavy atom. The molecule has 124 valence electrons. The Labute approximate surface area is 126 Å². The molecule has 1 heterocycles. The van der Waals surface area contributed by atoms with Crippen molar-refractivity contribution in [3.05, 3.63) is 23.4 Å². The summed E-state index contributed by atoms with van der Waals surface area (Å²) in [6.07, 6.45) is -4.99. The lowest BCUT2D eigenvalue weighted by molar-refractivity contribution is -0.990. The summed E-state index contributed by atoms with van der Waals surface area (Å²) in [5.41, 5.74) is 0.158. The standard InChI is InChI=1S/C13H20N2O7/c1-2-21-7-3-4-8(9(5-7)15(19)20)14-13-12(18)11(17)10(16)6-22-13/h3-5,10-19H,2,6H2,1H3. The molecule has 0 saturated carbocycles. The van der Waals surface area contributed by atoms with Crippen LogP contribution in [0.15, 0.2) is 18.2 Å². The normalized spacial score (nSPS) is 29.9. The maximum absolute atomic E-state index is 11.3. The van der Waals surface area contributed by atoms with Gasteiger partial charge in [-0.3, -0.25) is 0 Å². The highest BCUT2D eigenvalue weighted by atomic mass is 16.8. The van der Waals surface area contributed by atoms with E-state index in [1.807, 2.05) is 0 Å². The van der Waals surface area contributed by atoms with Crippen LogP contribution in [0.3, 0.4) is 0 Å². The van der Waals surface area contributed by atoms with Gasteiger partial charge in [0.15, 0.2) is 11.9 Å². The molecule has 1 fully saturated rings. The fourth-order valence-electron chi connectivity index (χ4n) is 2.17. The van der Waals surface area contributed by atoms with Gasteiger partial charge in [0.25, 0.3) is 0 Å². The zero-order valence-electron chi connectivity index (χ0n) is 12.0. The second-order valence-corrected chi connectivity index (χ2v) is 4.89. The van der Waals surface area contributed by atoms with E-state index in [0.717, 1.165) is 0 Å². The summed E-state index contributed by atoms with van der Waals surface area (Å²) >= 11 is 0. The Kier molecular flexibility index (Phi) is 5.53. The van der Waals surface area contributed by atoms with E-state index in [1.54, 1.807) is 13.0 Å². The van der Waals surface area contributed by atoms with Crippen LogP contribution in [-0.2, 0) is 4.74 Å². The summed E-state index contributed by atoms with van der Waals surface area (Å²) in [7, 11) is 0. The van der Waals surface area contributed by atoms with E-state index < -0.39 is 29.8 Å². The molecule has 9 nitrogen and oxygen atoms in total. The van der Waals surface area contributed by atoms with Crippen molar-refractivity contribution in [2.24, 2.45) is 0 Å². The number of benzene rings is 1. The summed E-state index contributed by atoms with van der Waals surface area (Å²) in [6.45, 7) is 2.02. The van der Waals surface area contributed by atoms with Crippen molar-refractivity contribution in [1.29, 1.82) is 0 Å². The molecule has 9 heteroatoms. The first-order chi connectivity index (χ1) is 10.4. The molecule has 2 rings (SSSR count). The maximum atomic E-state index is 11.3. The predicted octanol–water partition coefficient (Wildman–Crippen LogP) is -1.66. The van der Waals surface area contributed by atoms with Crippen molar-refractivity contribution in [2.75, 3.05) is 18.5 Å². The van der Waals surface area contributed by atoms with Crippen LogP contribution >= 0.6 is 0 Å². The highest BCUT2D eigenvalue weighted by Gasteiger charge is 2.38. The molecule has 1 saturated heterocycles. The van der Waals surface area contributed by atoms with E-state index in [-0.39, 0.29) is 18.0 Å². The number of anilines is 1. The Morgan fingerprint density at radius 1 is 1.36 bits per heavy atom. The summed E-state index contributed by atoms with van der Waals surface area (Å²) in [4.78, 5) is 0. The van der Waals surface area contributed by atoms with E-state index in [1.165, 1.54) is 12.1 Å². The number of quaternary nitrogens is 1.